The first kappa shape index (κ1) is 46.8. The van der Waals surface area contributed by atoms with Crippen molar-refractivity contribution in [2.45, 2.75) is 48.5 Å². The Morgan fingerprint density at radius 3 is 0.984 bits per heavy atom. The van der Waals surface area contributed by atoms with Crippen molar-refractivity contribution in [3.05, 3.63) is 180 Å². The number of hydrogen-bond donors (Lipinski definition) is 3. The minimum atomic E-state index is -0.935. The lowest BCUT2D eigenvalue weighted by atomic mass is 9.91. The van der Waals surface area contributed by atoms with Crippen LogP contribution in [0.25, 0.3) is 44.5 Å². The molecule has 0 saturated carbocycles. The molecule has 6 rings (SSSR count). The van der Waals surface area contributed by atoms with E-state index in [0.29, 0.717) is 22.6 Å². The van der Waals surface area contributed by atoms with Crippen molar-refractivity contribution in [3.63, 3.8) is 0 Å². The Kier molecular flexibility index (Phi) is 17.0. The molecule has 8 nitrogen and oxygen atoms in total. The van der Waals surface area contributed by atoms with Gasteiger partial charge in [0.1, 0.15) is 24.4 Å². The summed E-state index contributed by atoms with van der Waals surface area (Å²) < 4.78 is 16.8. The number of esters is 2. The number of carbonyl (C=O) groups excluding carboxylic acids is 2. The number of carboxylic acids is 1. The van der Waals surface area contributed by atoms with Crippen LogP contribution in [0.4, 0.5) is 0 Å². The summed E-state index contributed by atoms with van der Waals surface area (Å²) in [6.07, 6.45) is 5.76. The Balaban J connectivity index is 0.000000293. The predicted octanol–water partition coefficient (Wildman–Crippen LogP) is 12.5. The molecule has 0 aliphatic heterocycles. The van der Waals surface area contributed by atoms with Gasteiger partial charge >= 0.3 is 17.9 Å². The first-order valence-corrected chi connectivity index (χ1v) is 19.3. The summed E-state index contributed by atoms with van der Waals surface area (Å²) in [6, 6.07) is 37.8. The van der Waals surface area contributed by atoms with Crippen molar-refractivity contribution < 1.29 is 40.5 Å². The van der Waals surface area contributed by atoms with Crippen molar-refractivity contribution in [1.82, 2.24) is 0 Å². The molecule has 8 heteroatoms. The second-order valence-corrected chi connectivity index (χ2v) is 14.4. The van der Waals surface area contributed by atoms with Gasteiger partial charge in [-0.2, -0.15) is 0 Å². The Bertz CT molecular complexity index is 2540. The van der Waals surface area contributed by atoms with Crippen LogP contribution in [0.1, 0.15) is 44.4 Å². The number of terminal acetylenes is 1. The van der Waals surface area contributed by atoms with Gasteiger partial charge in [-0.1, -0.05) is 117 Å². The van der Waals surface area contributed by atoms with Gasteiger partial charge in [-0.15, -0.1) is 12.8 Å². The van der Waals surface area contributed by atoms with Gasteiger partial charge in [-0.05, 0) is 117 Å². The fourth-order valence-corrected chi connectivity index (χ4v) is 6.13. The number of aryl methyl sites for hydroxylation is 4. The maximum atomic E-state index is 12.1. The van der Waals surface area contributed by atoms with Gasteiger partial charge in [0, 0.05) is 39.0 Å². The number of aliphatic carboxylic acids is 1. The minimum Gasteiger partial charge on any atom is -0.507 e. The van der Waals surface area contributed by atoms with Crippen LogP contribution in [-0.2, 0) is 14.4 Å². The second kappa shape index (κ2) is 22.5. The van der Waals surface area contributed by atoms with E-state index in [9.17, 15) is 24.6 Å². The number of carbonyl (C=O) groups is 3. The molecule has 62 heavy (non-hydrogen) atoms. The van der Waals surface area contributed by atoms with Crippen molar-refractivity contribution in [2.75, 3.05) is 0 Å². The van der Waals surface area contributed by atoms with Crippen LogP contribution in [-0.4, -0.2) is 33.2 Å². The lowest BCUT2D eigenvalue weighted by Crippen LogP contribution is -2.09. The molecule has 0 aromatic heterocycles. The van der Waals surface area contributed by atoms with E-state index in [0.717, 1.165) is 66.8 Å². The zero-order valence-corrected chi connectivity index (χ0v) is 36.1. The summed E-state index contributed by atoms with van der Waals surface area (Å²) in [7, 11) is 0. The highest BCUT2D eigenvalue weighted by atomic mass is 16.5. The van der Waals surface area contributed by atoms with Crippen LogP contribution in [0.2, 0.25) is 0 Å². The fraction of sp³-hybridized carbons (Fsp3) is 0.130. The number of ether oxygens (including phenoxy) is 2. The summed E-state index contributed by atoms with van der Waals surface area (Å²) in [4.78, 5) is 33.8. The molecule has 0 radical (unpaired) electrons. The van der Waals surface area contributed by atoms with Gasteiger partial charge in [0.05, 0.1) is 0 Å². The highest BCUT2D eigenvalue weighted by molar-refractivity contribution is 5.92. The maximum absolute atomic E-state index is 12.1. The Morgan fingerprint density at radius 2 is 0.726 bits per heavy atom. The second-order valence-electron chi connectivity index (χ2n) is 14.4. The van der Waals surface area contributed by atoms with Gasteiger partial charge in [0.2, 0.25) is 0 Å². The number of rotatable bonds is 9. The molecule has 0 bridgehead atoms. The third-order valence-corrected chi connectivity index (χ3v) is 9.35. The van der Waals surface area contributed by atoms with Crippen molar-refractivity contribution >= 4 is 17.9 Å². The molecule has 0 heterocycles. The summed E-state index contributed by atoms with van der Waals surface area (Å²) >= 11 is 0. The van der Waals surface area contributed by atoms with Crippen LogP contribution >= 0.6 is 0 Å². The van der Waals surface area contributed by atoms with Gasteiger partial charge in [-0.25, -0.2) is 14.4 Å². The topological polar surface area (TPSA) is 130 Å². The maximum Gasteiger partial charge on any atom is 0.338 e. The fourth-order valence-electron chi connectivity index (χ4n) is 6.13. The third-order valence-electron chi connectivity index (χ3n) is 9.35. The molecular weight excluding hydrogens is 777 g/mol. The Hall–Kier alpha value is -7.89. The monoisotopic (exact) mass is 829 g/mol. The number of benzene rings is 6. The molecular formula is C54H52O8. The van der Waals surface area contributed by atoms with E-state index in [1.165, 1.54) is 13.3 Å². The molecule has 0 fully saturated rings. The summed E-state index contributed by atoms with van der Waals surface area (Å²) in [5.74, 6) is -0.345. The lowest BCUT2D eigenvalue weighted by Gasteiger charge is -2.17. The van der Waals surface area contributed by atoms with Crippen molar-refractivity contribution in [3.8, 4) is 80.3 Å². The molecule has 0 saturated heterocycles. The van der Waals surface area contributed by atoms with E-state index in [-0.39, 0.29) is 17.1 Å². The zero-order valence-electron chi connectivity index (χ0n) is 37.1. The minimum absolute atomic E-state index is 0.176. The molecule has 6 aromatic rings. The summed E-state index contributed by atoms with van der Waals surface area (Å²) in [5.41, 5.74) is 12.2. The number of phenols is 2. The molecule has 3 N–H and O–H groups in total. The van der Waals surface area contributed by atoms with Crippen LogP contribution in [0, 0.1) is 40.5 Å². The number of phenolic OH excluding ortho intramolecular Hbond substituents is 2. The molecule has 0 spiro atoms. The lowest BCUT2D eigenvalue weighted by molar-refractivity contribution is -0.133. The van der Waals surface area contributed by atoms with Crippen LogP contribution < -0.4 is 9.47 Å². The van der Waals surface area contributed by atoms with Crippen LogP contribution in [0.5, 0.6) is 23.0 Å². The average Bonchev–Trinajstić information content (AvgIpc) is 3.24. The normalized spacial score (nSPS) is 10.0. The molecule has 0 aliphatic rings. The zero-order chi connectivity index (χ0) is 47.0. The quantitative estimate of drug-likeness (QED) is 0.0568. The molecule has 316 valence electrons. The average molecular weight is 830 g/mol. The molecule has 0 atom stereocenters. The Labute approximate surface area is 366 Å². The smallest absolute Gasteiger partial charge is 0.338 e. The first-order chi connectivity index (χ1) is 29.8. The number of hydrogen-bond acceptors (Lipinski definition) is 7. The Morgan fingerprint density at radius 1 is 0.484 bits per heavy atom. The molecule has 0 unspecified atom stereocenters. The largest absolute Gasteiger partial charge is 0.507 e. The van der Waals surface area contributed by atoms with Gasteiger partial charge in [0.15, 0.2) is 0 Å². The van der Waals surface area contributed by atoms with E-state index in [2.05, 4.69) is 50.4 Å². The third kappa shape index (κ3) is 12.6. The van der Waals surface area contributed by atoms with Crippen molar-refractivity contribution in [1.29, 1.82) is 0 Å². The highest BCUT2D eigenvalue weighted by Crippen LogP contribution is 2.40. The number of para-hydroxylation sites is 4. The highest BCUT2D eigenvalue weighted by Gasteiger charge is 2.18. The van der Waals surface area contributed by atoms with Crippen molar-refractivity contribution in [2.24, 2.45) is 0 Å². The number of aromatic hydroxyl groups is 2. The van der Waals surface area contributed by atoms with Crippen LogP contribution in [0.3, 0.4) is 0 Å². The SMILES string of the molecule is C=C(C)C(=O)O.C=C(C)C(=O)Oc1ccccc1-c1cc(C)c(-c2ccccc2OC(=O)C(=C)C)cc1C.Cc1cc(-c2ccccc2O)c(C)cc1-c1ccccc1O.[2H]C#C. The van der Waals surface area contributed by atoms with E-state index >= 15 is 0 Å². The van der Waals surface area contributed by atoms with E-state index in [4.69, 9.17) is 16.0 Å². The van der Waals surface area contributed by atoms with Gasteiger partial charge in [-0.3, -0.25) is 0 Å². The van der Waals surface area contributed by atoms with Crippen LogP contribution in [0.15, 0.2) is 158 Å². The summed E-state index contributed by atoms with van der Waals surface area (Å²) in [5, 5.41) is 28.0. The molecule has 0 aliphatic carbocycles. The van der Waals surface area contributed by atoms with E-state index in [1.54, 1.807) is 38.1 Å². The molecule has 0 amide bonds. The number of carboxylic acid groups (broad SMARTS) is 1. The standard InChI is InChI=1S/C28H26O4.C20H18O2.C4H6O2.C2H2/c1-17(2)27(29)31-25-13-9-7-11-21(25)23-15-20(6)24(16-19(23)5)22-12-8-10-14-26(22)32-28(30)18(3)4;1-13-11-18(16-8-4-6-10-20(16)22)14(2)12-17(13)15-7-3-5-9-19(15)21;1-3(2)4(5)6;1-2/h7-16H,1,3H2,2,4-6H3;3-12,21-22H,1-2H3;1H2,2H3,(H,5,6);1-2H/i;;;1D. The van der Waals surface area contributed by atoms with E-state index < -0.39 is 17.9 Å². The predicted molar refractivity (Wildman–Crippen MR) is 250 cm³/mol. The van der Waals surface area contributed by atoms with Gasteiger partial charge < -0.3 is 24.8 Å². The molecule has 6 aromatic carbocycles. The summed E-state index contributed by atoms with van der Waals surface area (Å²) in [6.45, 7) is 23.2. The first-order valence-electron chi connectivity index (χ1n) is 19.8. The van der Waals surface area contributed by atoms with Gasteiger partial charge in [0.25, 0.3) is 0 Å². The van der Waals surface area contributed by atoms with E-state index in [1.807, 2.05) is 100 Å².